The second-order valence-corrected chi connectivity index (χ2v) is 8.73. The number of benzene rings is 3. The number of nitrogens with one attached hydrogen (secondary N) is 2. The van der Waals surface area contributed by atoms with Gasteiger partial charge in [-0.05, 0) is 78.2 Å². The fourth-order valence-corrected chi connectivity index (χ4v) is 4.18. The van der Waals surface area contributed by atoms with E-state index >= 15 is 0 Å². The third-order valence-corrected chi connectivity index (χ3v) is 6.21. The predicted octanol–water partition coefficient (Wildman–Crippen LogP) is 6.68. The van der Waals surface area contributed by atoms with Crippen LogP contribution in [-0.2, 0) is 18.5 Å². The van der Waals surface area contributed by atoms with Gasteiger partial charge < -0.3 is 10.3 Å². The van der Waals surface area contributed by atoms with Gasteiger partial charge in [-0.15, -0.1) is 0 Å². The molecule has 9 heteroatoms. The number of carbonyl (C=O) groups is 2. The monoisotopic (exact) mass is 530 g/mol. The summed E-state index contributed by atoms with van der Waals surface area (Å²) in [7, 11) is 1.77. The predicted molar refractivity (Wildman–Crippen MR) is 146 cm³/mol. The smallest absolute Gasteiger partial charge is 0.355 e. The molecule has 3 aromatic carbocycles. The van der Waals surface area contributed by atoms with Gasteiger partial charge >= 0.3 is 5.97 Å². The molecule has 200 valence electrons. The van der Waals surface area contributed by atoms with Crippen molar-refractivity contribution in [2.24, 2.45) is 7.05 Å². The minimum absolute atomic E-state index is 0.0752. The van der Waals surface area contributed by atoms with Crippen molar-refractivity contribution < 1.29 is 23.4 Å². The maximum Gasteiger partial charge on any atom is 0.379 e. The van der Waals surface area contributed by atoms with Crippen LogP contribution in [0.5, 0.6) is 0 Å². The first-order valence-corrected chi connectivity index (χ1v) is 12.5. The van der Waals surface area contributed by atoms with E-state index < -0.39 is 5.97 Å². The molecule has 2 aromatic heterocycles. The van der Waals surface area contributed by atoms with Gasteiger partial charge in [-0.3, -0.25) is 9.48 Å². The number of hydrogen-bond acceptors (Lipinski definition) is 4. The number of rotatable bonds is 6. The average molecular weight is 531 g/mol. The van der Waals surface area contributed by atoms with Crippen molar-refractivity contribution >= 4 is 22.8 Å². The number of halogens is 2. The van der Waals surface area contributed by atoms with Crippen LogP contribution < -0.4 is 5.32 Å². The van der Waals surface area contributed by atoms with Gasteiger partial charge in [0.15, 0.2) is 5.69 Å². The van der Waals surface area contributed by atoms with Crippen LogP contribution in [-0.4, -0.2) is 26.6 Å². The van der Waals surface area contributed by atoms with Crippen LogP contribution in [0.25, 0.3) is 33.4 Å². The normalized spacial score (nSPS) is 10.6. The molecule has 2 heterocycles. The Morgan fingerprint density at radius 2 is 1.69 bits per heavy atom. The van der Waals surface area contributed by atoms with Gasteiger partial charge in [-0.1, -0.05) is 32.0 Å². The van der Waals surface area contributed by atoms with Gasteiger partial charge in [0.25, 0.3) is 5.91 Å². The van der Waals surface area contributed by atoms with Gasteiger partial charge in [0.1, 0.15) is 5.82 Å². The summed E-state index contributed by atoms with van der Waals surface area (Å²) >= 11 is 0. The Kier molecular flexibility index (Phi) is 8.19. The molecule has 0 radical (unpaired) electrons. The van der Waals surface area contributed by atoms with Crippen molar-refractivity contribution in [1.29, 1.82) is 0 Å². The lowest BCUT2D eigenvalue weighted by Crippen LogP contribution is -2.23. The summed E-state index contributed by atoms with van der Waals surface area (Å²) in [5, 5.41) is 8.12. The van der Waals surface area contributed by atoms with E-state index in [0.717, 1.165) is 39.0 Å². The second-order valence-electron chi connectivity index (χ2n) is 8.73. The number of aryl methyl sites for hydroxylation is 2. The van der Waals surface area contributed by atoms with Crippen LogP contribution in [0.4, 0.5) is 8.92 Å². The van der Waals surface area contributed by atoms with E-state index in [1.54, 1.807) is 49.0 Å². The van der Waals surface area contributed by atoms with Crippen LogP contribution in [0.2, 0.25) is 0 Å². The van der Waals surface area contributed by atoms with Crippen molar-refractivity contribution in [2.75, 3.05) is 0 Å². The molecule has 5 aromatic rings. The Bertz CT molecular complexity index is 1640. The number of H-pyrrole nitrogens is 1. The molecule has 0 fully saturated rings. The molecule has 0 saturated heterocycles. The van der Waals surface area contributed by atoms with Crippen LogP contribution in [0.3, 0.4) is 0 Å². The summed E-state index contributed by atoms with van der Waals surface area (Å²) in [6, 6.07) is 20.7. The zero-order valence-electron chi connectivity index (χ0n) is 22.0. The fourth-order valence-electron chi connectivity index (χ4n) is 4.18. The first kappa shape index (κ1) is 27.3. The molecule has 7 nitrogen and oxygen atoms in total. The van der Waals surface area contributed by atoms with E-state index in [1.807, 2.05) is 38.1 Å². The third-order valence-electron chi connectivity index (χ3n) is 6.21. The maximum absolute atomic E-state index is 13.7. The van der Waals surface area contributed by atoms with Crippen molar-refractivity contribution in [1.82, 2.24) is 20.1 Å². The number of aromatic nitrogens is 3. The number of carbonyl (C=O) groups excluding carboxylic acids is 2. The zero-order valence-corrected chi connectivity index (χ0v) is 22.0. The average Bonchev–Trinajstić information content (AvgIpc) is 3.57. The first-order valence-electron chi connectivity index (χ1n) is 12.5. The van der Waals surface area contributed by atoms with Crippen LogP contribution in [0.1, 0.15) is 45.8 Å². The topological polar surface area (TPSA) is 89.0 Å². The quantitative estimate of drug-likeness (QED) is 0.256. The highest BCUT2D eigenvalue weighted by Crippen LogP contribution is 2.29. The highest BCUT2D eigenvalue weighted by molar-refractivity contribution is 5.94. The van der Waals surface area contributed by atoms with E-state index in [-0.39, 0.29) is 29.5 Å². The summed E-state index contributed by atoms with van der Waals surface area (Å²) in [6.07, 6.45) is 0. The van der Waals surface area contributed by atoms with Crippen molar-refractivity contribution in [2.45, 2.75) is 27.3 Å². The molecule has 2 N–H and O–H groups in total. The van der Waals surface area contributed by atoms with Crippen molar-refractivity contribution in [3.8, 4) is 22.5 Å². The van der Waals surface area contributed by atoms with E-state index in [4.69, 9.17) is 0 Å². The fraction of sp³-hybridized carbons (Fsp3) is 0.167. The highest BCUT2D eigenvalue weighted by atomic mass is 19.3. The SMILES string of the molecule is CC.Cc1cc(-c2cc3cc(-c4cc(C(=O)NCc5ccc(C(=O)OF)cc5)nn4C)ccc3[nH]2)ccc1F. The van der Waals surface area contributed by atoms with E-state index in [9.17, 15) is 18.5 Å². The molecular formula is C30H28F2N4O3. The Hall–Kier alpha value is -4.79. The lowest BCUT2D eigenvalue weighted by Gasteiger charge is -2.04. The summed E-state index contributed by atoms with van der Waals surface area (Å²) in [5.74, 6) is -1.67. The van der Waals surface area contributed by atoms with Gasteiger partial charge in [0.05, 0.1) is 11.3 Å². The summed E-state index contributed by atoms with van der Waals surface area (Å²) in [6.45, 7) is 5.94. The Morgan fingerprint density at radius 3 is 2.38 bits per heavy atom. The number of amides is 1. The van der Waals surface area contributed by atoms with E-state index in [1.165, 1.54) is 18.2 Å². The molecule has 0 unspecified atom stereocenters. The van der Waals surface area contributed by atoms with Gasteiger partial charge in [-0.2, -0.15) is 5.10 Å². The molecule has 0 saturated carbocycles. The molecule has 0 spiro atoms. The first-order chi connectivity index (χ1) is 18.8. The zero-order chi connectivity index (χ0) is 28.1. The van der Waals surface area contributed by atoms with Crippen LogP contribution >= 0.6 is 0 Å². The van der Waals surface area contributed by atoms with E-state index in [2.05, 4.69) is 20.3 Å². The highest BCUT2D eigenvalue weighted by Gasteiger charge is 2.15. The molecule has 0 bridgehead atoms. The van der Waals surface area contributed by atoms with Crippen LogP contribution in [0, 0.1) is 12.7 Å². The molecule has 5 rings (SSSR count). The standard InChI is InChI=1S/C28H22F2N4O3.C2H6/c1-16-11-19(7-9-22(16)29)24-13-21-12-20(8-10-23(21)32-24)26-14-25(33-34(26)2)27(35)31-15-17-3-5-18(6-4-17)28(36)37-30;1-2/h3-14,32H,15H2,1-2H3,(H,31,35);1-2H3. The van der Waals surface area contributed by atoms with Crippen LogP contribution in [0.15, 0.2) is 72.8 Å². The van der Waals surface area contributed by atoms with Gasteiger partial charge in [-0.25, -0.2) is 14.1 Å². The molecule has 0 aliphatic heterocycles. The molecule has 0 atom stereocenters. The molecule has 1 amide bonds. The molecule has 0 aliphatic rings. The Labute approximate surface area is 224 Å². The molecule has 0 aliphatic carbocycles. The number of nitrogens with zero attached hydrogens (tertiary/aromatic N) is 2. The van der Waals surface area contributed by atoms with Gasteiger partial charge in [0.2, 0.25) is 0 Å². The third kappa shape index (κ3) is 5.87. The van der Waals surface area contributed by atoms with E-state index in [0.29, 0.717) is 5.56 Å². The largest absolute Gasteiger partial charge is 0.379 e. The second kappa shape index (κ2) is 11.7. The lowest BCUT2D eigenvalue weighted by molar-refractivity contribution is -0.0788. The molecule has 39 heavy (non-hydrogen) atoms. The lowest BCUT2D eigenvalue weighted by atomic mass is 10.1. The maximum atomic E-state index is 13.7. The summed E-state index contributed by atoms with van der Waals surface area (Å²) in [4.78, 5) is 30.5. The minimum Gasteiger partial charge on any atom is -0.355 e. The Morgan fingerprint density at radius 1 is 0.974 bits per heavy atom. The summed E-state index contributed by atoms with van der Waals surface area (Å²) in [5.41, 5.74) is 6.01. The number of fused-ring (bicyclic) bond motifs is 1. The number of hydrogen-bond donors (Lipinski definition) is 2. The molecular weight excluding hydrogens is 502 g/mol. The van der Waals surface area contributed by atoms with Crippen molar-refractivity contribution in [3.63, 3.8) is 0 Å². The minimum atomic E-state index is -1.07. The summed E-state index contributed by atoms with van der Waals surface area (Å²) < 4.78 is 27.3. The number of aromatic amines is 1. The van der Waals surface area contributed by atoms with Gasteiger partial charge in [0, 0.05) is 40.3 Å². The van der Waals surface area contributed by atoms with Crippen molar-refractivity contribution in [3.05, 3.63) is 101 Å². The Balaban J connectivity index is 0.00000172.